The van der Waals surface area contributed by atoms with Crippen LogP contribution in [0.5, 0.6) is 0 Å². The van der Waals surface area contributed by atoms with E-state index in [0.717, 1.165) is 0 Å². The summed E-state index contributed by atoms with van der Waals surface area (Å²) in [7, 11) is 0. The van der Waals surface area contributed by atoms with E-state index in [1.165, 1.54) is 0 Å². The summed E-state index contributed by atoms with van der Waals surface area (Å²) in [4.78, 5) is 37.6. The summed E-state index contributed by atoms with van der Waals surface area (Å²) in [5.41, 5.74) is 2.32. The number of ketones is 2. The monoisotopic (exact) mass is 361 g/mol. The Kier molecular flexibility index (Phi) is 3.90. The predicted octanol–water partition coefficient (Wildman–Crippen LogP) is 4.37. The average Bonchev–Trinajstić information content (AvgIpc) is 2.66. The van der Waals surface area contributed by atoms with Crippen LogP contribution in [0.15, 0.2) is 66.7 Å². The summed E-state index contributed by atoms with van der Waals surface area (Å²) in [5, 5.41) is 3.28. The van der Waals surface area contributed by atoms with E-state index in [4.69, 9.17) is 11.6 Å². The molecule has 0 saturated carbocycles. The molecule has 26 heavy (non-hydrogen) atoms. The SMILES string of the molecule is O=C(Nc1ccc2c(c1)C(=O)c1ccccc1C2=O)c1ccc(Cl)cc1. The van der Waals surface area contributed by atoms with Gasteiger partial charge in [0.25, 0.3) is 5.91 Å². The molecule has 1 N–H and O–H groups in total. The van der Waals surface area contributed by atoms with Gasteiger partial charge in [-0.1, -0.05) is 35.9 Å². The fourth-order valence-electron chi connectivity index (χ4n) is 2.98. The Morgan fingerprint density at radius 3 is 1.96 bits per heavy atom. The first-order valence-electron chi connectivity index (χ1n) is 7.94. The molecule has 0 unspecified atom stereocenters. The van der Waals surface area contributed by atoms with Gasteiger partial charge in [-0.15, -0.1) is 0 Å². The van der Waals surface area contributed by atoms with E-state index in [-0.39, 0.29) is 17.5 Å². The van der Waals surface area contributed by atoms with Gasteiger partial charge in [-0.2, -0.15) is 0 Å². The van der Waals surface area contributed by atoms with Gasteiger partial charge in [0.1, 0.15) is 0 Å². The standard InChI is InChI=1S/C21H12ClNO3/c22-13-7-5-12(6-8-13)21(26)23-14-9-10-17-18(11-14)20(25)16-4-2-1-3-15(16)19(17)24/h1-11H,(H,23,26). The Hall–Kier alpha value is -3.24. The fraction of sp³-hybridized carbons (Fsp3) is 0. The molecular weight excluding hydrogens is 350 g/mol. The van der Waals surface area contributed by atoms with Gasteiger partial charge in [0.05, 0.1) is 0 Å². The van der Waals surface area contributed by atoms with Crippen molar-refractivity contribution >= 4 is 34.8 Å². The van der Waals surface area contributed by atoms with E-state index in [2.05, 4.69) is 5.32 Å². The average molecular weight is 362 g/mol. The molecule has 126 valence electrons. The van der Waals surface area contributed by atoms with E-state index in [1.807, 2.05) is 0 Å². The van der Waals surface area contributed by atoms with Gasteiger partial charge in [0.2, 0.25) is 0 Å². The number of anilines is 1. The number of hydrogen-bond donors (Lipinski definition) is 1. The van der Waals surface area contributed by atoms with Crippen molar-refractivity contribution in [1.29, 1.82) is 0 Å². The van der Waals surface area contributed by atoms with Crippen molar-refractivity contribution in [2.24, 2.45) is 0 Å². The second-order valence-electron chi connectivity index (χ2n) is 5.93. The van der Waals surface area contributed by atoms with Gasteiger partial charge in [0, 0.05) is 38.5 Å². The van der Waals surface area contributed by atoms with Crippen LogP contribution < -0.4 is 5.32 Å². The molecule has 1 amide bonds. The van der Waals surface area contributed by atoms with Crippen molar-refractivity contribution in [1.82, 2.24) is 0 Å². The van der Waals surface area contributed by atoms with Gasteiger partial charge >= 0.3 is 0 Å². The van der Waals surface area contributed by atoms with Crippen molar-refractivity contribution < 1.29 is 14.4 Å². The highest BCUT2D eigenvalue weighted by atomic mass is 35.5. The largest absolute Gasteiger partial charge is 0.322 e. The van der Waals surface area contributed by atoms with Crippen LogP contribution in [0.25, 0.3) is 0 Å². The molecule has 0 heterocycles. The Bertz CT molecular complexity index is 1070. The van der Waals surface area contributed by atoms with Crippen molar-refractivity contribution in [3.63, 3.8) is 0 Å². The molecule has 3 aromatic rings. The van der Waals surface area contributed by atoms with Crippen LogP contribution in [0.4, 0.5) is 5.69 Å². The van der Waals surface area contributed by atoms with Crippen LogP contribution in [0.2, 0.25) is 5.02 Å². The summed E-state index contributed by atoms with van der Waals surface area (Å²) >= 11 is 5.83. The third kappa shape index (κ3) is 2.70. The normalized spacial score (nSPS) is 12.3. The first kappa shape index (κ1) is 16.2. The maximum atomic E-state index is 12.7. The Labute approximate surface area is 154 Å². The van der Waals surface area contributed by atoms with E-state index >= 15 is 0 Å². The molecule has 0 spiro atoms. The molecule has 5 heteroatoms. The maximum absolute atomic E-state index is 12.7. The van der Waals surface area contributed by atoms with Gasteiger partial charge in [-0.3, -0.25) is 14.4 Å². The first-order valence-corrected chi connectivity index (χ1v) is 8.32. The van der Waals surface area contributed by atoms with Crippen molar-refractivity contribution in [2.75, 3.05) is 5.32 Å². The van der Waals surface area contributed by atoms with Crippen LogP contribution in [0.3, 0.4) is 0 Å². The van der Waals surface area contributed by atoms with Gasteiger partial charge in [-0.25, -0.2) is 0 Å². The number of amides is 1. The minimum atomic E-state index is -0.323. The van der Waals surface area contributed by atoms with Crippen LogP contribution in [0, 0.1) is 0 Å². The Balaban J connectivity index is 1.67. The quantitative estimate of drug-likeness (QED) is 0.576. The second-order valence-corrected chi connectivity index (χ2v) is 6.36. The summed E-state index contributed by atoms with van der Waals surface area (Å²) < 4.78 is 0. The molecule has 4 rings (SSSR count). The third-order valence-corrected chi connectivity index (χ3v) is 4.54. The zero-order valence-corrected chi connectivity index (χ0v) is 14.2. The number of nitrogens with one attached hydrogen (secondary N) is 1. The first-order chi connectivity index (χ1) is 12.5. The highest BCUT2D eigenvalue weighted by Crippen LogP contribution is 2.29. The van der Waals surface area contributed by atoms with E-state index in [1.54, 1.807) is 66.7 Å². The van der Waals surface area contributed by atoms with Crippen LogP contribution in [-0.2, 0) is 0 Å². The Morgan fingerprint density at radius 1 is 0.731 bits per heavy atom. The molecule has 4 nitrogen and oxygen atoms in total. The topological polar surface area (TPSA) is 63.2 Å². The number of carbonyl (C=O) groups is 3. The van der Waals surface area contributed by atoms with Crippen LogP contribution in [-0.4, -0.2) is 17.5 Å². The molecule has 0 aromatic heterocycles. The molecule has 1 aliphatic carbocycles. The summed E-state index contributed by atoms with van der Waals surface area (Å²) in [5.74, 6) is -0.736. The molecule has 0 bridgehead atoms. The lowest BCUT2D eigenvalue weighted by atomic mass is 9.84. The highest BCUT2D eigenvalue weighted by Gasteiger charge is 2.29. The minimum Gasteiger partial charge on any atom is -0.322 e. The summed E-state index contributed by atoms with van der Waals surface area (Å²) in [6, 6.07) is 17.9. The molecule has 0 fully saturated rings. The molecule has 0 aliphatic heterocycles. The van der Waals surface area contributed by atoms with Crippen molar-refractivity contribution in [2.45, 2.75) is 0 Å². The number of carbonyl (C=O) groups excluding carboxylic acids is 3. The molecule has 0 atom stereocenters. The van der Waals surface area contributed by atoms with Crippen LogP contribution >= 0.6 is 11.6 Å². The predicted molar refractivity (Wildman–Crippen MR) is 99.2 cm³/mol. The second kappa shape index (κ2) is 6.24. The third-order valence-electron chi connectivity index (χ3n) is 4.29. The van der Waals surface area contributed by atoms with Gasteiger partial charge < -0.3 is 5.32 Å². The zero-order chi connectivity index (χ0) is 18.3. The van der Waals surface area contributed by atoms with E-state index in [9.17, 15) is 14.4 Å². The van der Waals surface area contributed by atoms with Gasteiger partial charge in [-0.05, 0) is 42.5 Å². The molecule has 0 radical (unpaired) electrons. The van der Waals surface area contributed by atoms with Crippen molar-refractivity contribution in [3.05, 3.63) is 99.6 Å². The fourth-order valence-corrected chi connectivity index (χ4v) is 3.11. The van der Waals surface area contributed by atoms with Crippen molar-refractivity contribution in [3.8, 4) is 0 Å². The minimum absolute atomic E-state index is 0.189. The molecule has 0 saturated heterocycles. The van der Waals surface area contributed by atoms with Crippen LogP contribution in [0.1, 0.15) is 42.2 Å². The number of fused-ring (bicyclic) bond motifs is 2. The number of halogens is 1. The number of rotatable bonds is 2. The molecular formula is C21H12ClNO3. The number of benzene rings is 3. The summed E-state index contributed by atoms with van der Waals surface area (Å²) in [6.45, 7) is 0. The number of hydrogen-bond acceptors (Lipinski definition) is 3. The molecule has 1 aliphatic rings. The molecule has 3 aromatic carbocycles. The van der Waals surface area contributed by atoms with E-state index < -0.39 is 0 Å². The Morgan fingerprint density at radius 2 is 1.31 bits per heavy atom. The smallest absolute Gasteiger partial charge is 0.255 e. The maximum Gasteiger partial charge on any atom is 0.255 e. The lowest BCUT2D eigenvalue weighted by Gasteiger charge is -2.18. The van der Waals surface area contributed by atoms with Gasteiger partial charge in [0.15, 0.2) is 11.6 Å². The summed E-state index contributed by atoms with van der Waals surface area (Å²) in [6.07, 6.45) is 0. The van der Waals surface area contributed by atoms with E-state index in [0.29, 0.717) is 38.5 Å². The highest BCUT2D eigenvalue weighted by molar-refractivity contribution is 6.30. The lowest BCUT2D eigenvalue weighted by molar-refractivity contribution is 0.0979. The lowest BCUT2D eigenvalue weighted by Crippen LogP contribution is -2.21. The zero-order valence-electron chi connectivity index (χ0n) is 13.5.